The fourth-order valence-corrected chi connectivity index (χ4v) is 0.861. The van der Waals surface area contributed by atoms with Crippen LogP contribution in [0.25, 0.3) is 0 Å². The van der Waals surface area contributed by atoms with Crippen LogP contribution in [0.3, 0.4) is 0 Å². The Morgan fingerprint density at radius 2 is 2.00 bits per heavy atom. The van der Waals surface area contributed by atoms with E-state index in [9.17, 15) is 9.00 Å². The number of urea groups is 1. The van der Waals surface area contributed by atoms with E-state index in [0.717, 1.165) is 0 Å². The number of hydrogen-bond donors (Lipinski definition) is 2. The number of amides is 2. The maximum atomic E-state index is 10.9. The Kier molecular flexibility index (Phi) is 3.65. The van der Waals surface area contributed by atoms with E-state index in [0.29, 0.717) is 5.69 Å². The second kappa shape index (κ2) is 5.04. The van der Waals surface area contributed by atoms with Gasteiger partial charge in [0.1, 0.15) is 0 Å². The normalized spacial score (nSPS) is 8.62. The number of para-hydroxylation sites is 1. The zero-order valence-corrected chi connectivity index (χ0v) is 7.38. The number of nitrogens with one attached hydrogen (secondary N) is 2. The quantitative estimate of drug-likeness (QED) is 0.697. The summed E-state index contributed by atoms with van der Waals surface area (Å²) in [6.07, 6.45) is 0. The molecule has 0 aliphatic rings. The van der Waals surface area contributed by atoms with E-state index < -0.39 is 6.03 Å². The van der Waals surface area contributed by atoms with Gasteiger partial charge < -0.3 is 5.32 Å². The highest BCUT2D eigenvalue weighted by Crippen LogP contribution is 2.03. The molecule has 1 rings (SSSR count). The van der Waals surface area contributed by atoms with E-state index in [1.165, 1.54) is 0 Å². The molecule has 0 saturated heterocycles. The maximum absolute atomic E-state index is 10.9. The van der Waals surface area contributed by atoms with Crippen molar-refractivity contribution in [2.75, 3.05) is 5.32 Å². The van der Waals surface area contributed by atoms with Crippen molar-refractivity contribution in [3.8, 4) is 0 Å². The first-order valence-electron chi connectivity index (χ1n) is 3.44. The number of carbonyl (C=O) groups is 1. The van der Waals surface area contributed by atoms with Crippen molar-refractivity contribution in [2.45, 2.75) is 0 Å². The molecular weight excluding hydrogens is 190 g/mol. The third-order valence-corrected chi connectivity index (χ3v) is 1.38. The minimum atomic E-state index is -0.533. The molecule has 1 aromatic carbocycles. The number of anilines is 1. The molecule has 13 heavy (non-hydrogen) atoms. The van der Waals surface area contributed by atoms with Crippen LogP contribution in [-0.2, 0) is 11.5 Å². The third kappa shape index (κ3) is 3.48. The fourth-order valence-electron chi connectivity index (χ4n) is 0.741. The highest BCUT2D eigenvalue weighted by atomic mass is 32.1. The van der Waals surface area contributed by atoms with Crippen LogP contribution in [0.2, 0.25) is 0 Å². The van der Waals surface area contributed by atoms with Gasteiger partial charge in [-0.15, -0.1) is 0 Å². The monoisotopic (exact) mass is 197 g/mol. The smallest absolute Gasteiger partial charge is 0.307 e. The van der Waals surface area contributed by atoms with Crippen molar-refractivity contribution >= 4 is 23.2 Å². The van der Waals surface area contributed by atoms with Crippen molar-refractivity contribution in [3.05, 3.63) is 30.3 Å². The molecule has 0 radical (unpaired) electrons. The molecule has 0 aromatic heterocycles. The molecule has 0 unspecified atom stereocenters. The van der Waals surface area contributed by atoms with Crippen LogP contribution in [0.15, 0.2) is 34.8 Å². The second-order valence-corrected chi connectivity index (χ2v) is 2.43. The van der Waals surface area contributed by atoms with Crippen molar-refractivity contribution < 1.29 is 9.00 Å². The van der Waals surface area contributed by atoms with Crippen molar-refractivity contribution in [1.29, 1.82) is 0 Å². The molecule has 2 N–H and O–H groups in total. The number of benzene rings is 1. The SMILES string of the molecule is O=S=NNC(=O)Nc1ccccc1. The summed E-state index contributed by atoms with van der Waals surface area (Å²) in [6, 6.07) is 8.33. The van der Waals surface area contributed by atoms with Gasteiger partial charge in [-0.2, -0.15) is 4.21 Å². The largest absolute Gasteiger partial charge is 0.340 e. The Morgan fingerprint density at radius 1 is 1.31 bits per heavy atom. The Balaban J connectivity index is 2.50. The molecule has 0 fully saturated rings. The maximum Gasteiger partial charge on any atom is 0.340 e. The van der Waals surface area contributed by atoms with Gasteiger partial charge in [0.05, 0.1) is 0 Å². The summed E-state index contributed by atoms with van der Waals surface area (Å²) in [6.45, 7) is 0. The van der Waals surface area contributed by atoms with E-state index in [2.05, 4.69) is 9.79 Å². The van der Waals surface area contributed by atoms with Gasteiger partial charge in [0, 0.05) is 5.69 Å². The second-order valence-electron chi connectivity index (χ2n) is 2.10. The molecule has 0 heterocycles. The summed E-state index contributed by atoms with van der Waals surface area (Å²) >= 11 is -0.0564. The molecule has 5 nitrogen and oxygen atoms in total. The van der Waals surface area contributed by atoms with E-state index in [-0.39, 0.29) is 11.5 Å². The lowest BCUT2D eigenvalue weighted by atomic mass is 10.3. The molecule has 0 spiro atoms. The van der Waals surface area contributed by atoms with Crippen LogP contribution < -0.4 is 10.7 Å². The van der Waals surface area contributed by atoms with Gasteiger partial charge in [0.25, 0.3) is 0 Å². The van der Waals surface area contributed by atoms with Crippen molar-refractivity contribution in [3.63, 3.8) is 0 Å². The minimum absolute atomic E-state index is 0.0564. The molecule has 0 aliphatic carbocycles. The zero-order chi connectivity index (χ0) is 9.52. The molecule has 0 bridgehead atoms. The van der Waals surface area contributed by atoms with Crippen LogP contribution in [-0.4, -0.2) is 10.2 Å². The van der Waals surface area contributed by atoms with Crippen LogP contribution in [0.1, 0.15) is 0 Å². The van der Waals surface area contributed by atoms with E-state index in [1.807, 2.05) is 11.5 Å². The summed E-state index contributed by atoms with van der Waals surface area (Å²) in [7, 11) is 0. The van der Waals surface area contributed by atoms with Crippen LogP contribution in [0.4, 0.5) is 10.5 Å². The summed E-state index contributed by atoms with van der Waals surface area (Å²) in [4.78, 5) is 10.9. The molecule has 0 saturated carbocycles. The molecule has 1 aromatic rings. The molecule has 68 valence electrons. The lowest BCUT2D eigenvalue weighted by Gasteiger charge is -2.01. The fraction of sp³-hybridized carbons (Fsp3) is 0. The van der Waals surface area contributed by atoms with Crippen molar-refractivity contribution in [1.82, 2.24) is 5.43 Å². The zero-order valence-electron chi connectivity index (χ0n) is 6.56. The Labute approximate surface area is 78.4 Å². The van der Waals surface area contributed by atoms with Crippen molar-refractivity contribution in [2.24, 2.45) is 4.47 Å². The Bertz CT molecular complexity index is 335. The predicted octanol–water partition coefficient (Wildman–Crippen LogP) is 1.12. The van der Waals surface area contributed by atoms with Gasteiger partial charge >= 0.3 is 6.03 Å². The summed E-state index contributed by atoms with van der Waals surface area (Å²) in [5, 5.41) is 2.48. The van der Waals surface area contributed by atoms with Gasteiger partial charge in [-0.05, 0) is 12.1 Å². The van der Waals surface area contributed by atoms with Gasteiger partial charge in [-0.25, -0.2) is 10.2 Å². The van der Waals surface area contributed by atoms with Crippen LogP contribution in [0, 0.1) is 0 Å². The highest BCUT2D eigenvalue weighted by molar-refractivity contribution is 7.54. The first-order valence-corrected chi connectivity index (χ1v) is 4.14. The van der Waals surface area contributed by atoms with Gasteiger partial charge in [0.2, 0.25) is 11.5 Å². The van der Waals surface area contributed by atoms with E-state index in [4.69, 9.17) is 0 Å². The average molecular weight is 197 g/mol. The predicted molar refractivity (Wildman–Crippen MR) is 49.2 cm³/mol. The topological polar surface area (TPSA) is 70.6 Å². The van der Waals surface area contributed by atoms with Crippen LogP contribution >= 0.6 is 0 Å². The minimum Gasteiger partial charge on any atom is -0.307 e. The molecule has 0 atom stereocenters. The van der Waals surface area contributed by atoms with Gasteiger partial charge in [-0.3, -0.25) is 0 Å². The number of carbonyl (C=O) groups excluding carboxylic acids is 1. The molecule has 2 amide bonds. The van der Waals surface area contributed by atoms with Crippen LogP contribution in [0.5, 0.6) is 0 Å². The molecule has 6 heteroatoms. The summed E-state index contributed by atoms with van der Waals surface area (Å²) in [5.41, 5.74) is 2.65. The van der Waals surface area contributed by atoms with Gasteiger partial charge in [0.15, 0.2) is 0 Å². The van der Waals surface area contributed by atoms with Gasteiger partial charge in [-0.1, -0.05) is 22.7 Å². The Hall–Kier alpha value is -1.69. The third-order valence-electron chi connectivity index (χ3n) is 1.22. The average Bonchev–Trinajstić information content (AvgIpc) is 2.16. The summed E-state index contributed by atoms with van der Waals surface area (Å²) < 4.78 is 12.9. The standard InChI is InChI=1S/C7H7N3O2S/c11-7(9-10-13-12)8-6-4-2-1-3-5-6/h1-5H,(H2,8,9,11). The lowest BCUT2D eigenvalue weighted by Crippen LogP contribution is -2.23. The first-order chi connectivity index (χ1) is 6.33. The van der Waals surface area contributed by atoms with E-state index in [1.54, 1.807) is 24.3 Å². The number of rotatable bonds is 2. The number of nitrogens with zero attached hydrogens (tertiary/aromatic N) is 1. The summed E-state index contributed by atoms with van der Waals surface area (Å²) in [5.74, 6) is 0. The molecule has 0 aliphatic heterocycles. The number of hydrogen-bond acceptors (Lipinski definition) is 3. The van der Waals surface area contributed by atoms with E-state index >= 15 is 0 Å². The highest BCUT2D eigenvalue weighted by Gasteiger charge is 1.97. The lowest BCUT2D eigenvalue weighted by molar-refractivity contribution is 0.252. The molecular formula is C7H7N3O2S. The Morgan fingerprint density at radius 3 is 2.62 bits per heavy atom. The first kappa shape index (κ1) is 9.40.